The third kappa shape index (κ3) is 5.73. The van der Waals surface area contributed by atoms with Crippen molar-refractivity contribution in [2.75, 3.05) is 24.6 Å². The predicted molar refractivity (Wildman–Crippen MR) is 184 cm³/mol. The second-order valence-electron chi connectivity index (χ2n) is 14.4. The van der Waals surface area contributed by atoms with E-state index in [0.29, 0.717) is 25.9 Å². The number of rotatable bonds is 13. The Balaban J connectivity index is 1.66. The van der Waals surface area contributed by atoms with Crippen LogP contribution in [0.25, 0.3) is 0 Å². The molecule has 3 aliphatic heterocycles. The van der Waals surface area contributed by atoms with E-state index in [2.05, 4.69) is 20.1 Å². The van der Waals surface area contributed by atoms with Crippen LogP contribution in [0, 0.1) is 37.5 Å². The van der Waals surface area contributed by atoms with Gasteiger partial charge in [-0.25, -0.2) is 0 Å². The Labute approximate surface area is 280 Å². The minimum Gasteiger partial charge on any atom is -0.394 e. The lowest BCUT2D eigenvalue weighted by Crippen LogP contribution is -2.59. The van der Waals surface area contributed by atoms with E-state index in [9.17, 15) is 14.7 Å². The van der Waals surface area contributed by atoms with Crippen molar-refractivity contribution < 1.29 is 24.2 Å². The number of aliphatic hydroxyl groups excluding tert-OH is 1. The molecule has 2 bridgehead atoms. The van der Waals surface area contributed by atoms with Crippen molar-refractivity contribution in [2.45, 2.75) is 84.2 Å². The van der Waals surface area contributed by atoms with Crippen molar-refractivity contribution in [3.63, 3.8) is 0 Å². The van der Waals surface area contributed by atoms with Gasteiger partial charge < -0.3 is 24.5 Å². The molecule has 47 heavy (non-hydrogen) atoms. The van der Waals surface area contributed by atoms with Crippen LogP contribution < -0.4 is 4.90 Å². The first-order chi connectivity index (χ1) is 22.4. The van der Waals surface area contributed by atoms with Gasteiger partial charge in [0.05, 0.1) is 30.1 Å². The number of anilines is 1. The van der Waals surface area contributed by atoms with Gasteiger partial charge in [0.2, 0.25) is 11.8 Å². The molecule has 8 heteroatoms. The number of para-hydroxylation sites is 1. The number of benzene rings is 2. The Hall–Kier alpha value is -3.75. The summed E-state index contributed by atoms with van der Waals surface area (Å²) >= 11 is 0. The Morgan fingerprint density at radius 3 is 2.26 bits per heavy atom. The van der Waals surface area contributed by atoms with Gasteiger partial charge in [0.1, 0.15) is 11.6 Å². The van der Waals surface area contributed by atoms with Gasteiger partial charge in [-0.2, -0.15) is 0 Å². The zero-order valence-corrected chi connectivity index (χ0v) is 28.8. The van der Waals surface area contributed by atoms with Crippen LogP contribution in [-0.4, -0.2) is 75.6 Å². The normalized spacial score (nSPS) is 28.3. The molecule has 3 fully saturated rings. The summed E-state index contributed by atoms with van der Waals surface area (Å²) in [7, 11) is 0. The number of amides is 3. The zero-order valence-electron chi connectivity index (χ0n) is 28.8. The molecule has 3 unspecified atom stereocenters. The van der Waals surface area contributed by atoms with Gasteiger partial charge in [-0.15, -0.1) is 13.2 Å². The molecular weight excluding hydrogens is 590 g/mol. The largest absolute Gasteiger partial charge is 0.394 e. The third-order valence-electron chi connectivity index (χ3n) is 10.8. The number of aliphatic hydroxyl groups is 1. The Morgan fingerprint density at radius 2 is 1.68 bits per heavy atom. The van der Waals surface area contributed by atoms with Crippen molar-refractivity contribution in [1.82, 2.24) is 9.80 Å². The first-order valence-electron chi connectivity index (χ1n) is 16.9. The van der Waals surface area contributed by atoms with Crippen LogP contribution in [-0.2, 0) is 25.7 Å². The van der Waals surface area contributed by atoms with Crippen molar-refractivity contribution >= 4 is 23.4 Å². The van der Waals surface area contributed by atoms with Gasteiger partial charge in [0.25, 0.3) is 5.91 Å². The molecule has 2 aromatic carbocycles. The first-order valence-corrected chi connectivity index (χ1v) is 16.9. The molecule has 0 radical (unpaired) electrons. The minimum atomic E-state index is -1.24. The number of hydrogen-bond donors (Lipinski definition) is 1. The second-order valence-corrected chi connectivity index (χ2v) is 14.4. The molecule has 0 aromatic heterocycles. The molecule has 3 heterocycles. The molecule has 8 nitrogen and oxygen atoms in total. The Kier molecular flexibility index (Phi) is 9.86. The van der Waals surface area contributed by atoms with E-state index in [1.807, 2.05) is 83.1 Å². The molecule has 0 saturated carbocycles. The lowest BCUT2D eigenvalue weighted by molar-refractivity contribution is -0.154. The zero-order chi connectivity index (χ0) is 34.3. The average Bonchev–Trinajstić information content (AvgIpc) is 3.55. The molecule has 3 amide bonds. The topological polar surface area (TPSA) is 90.4 Å². The minimum absolute atomic E-state index is 0.108. The molecule has 3 saturated heterocycles. The number of likely N-dealkylation sites (tertiary alicyclic amines) is 1. The van der Waals surface area contributed by atoms with Crippen molar-refractivity contribution in [3.8, 4) is 0 Å². The summed E-state index contributed by atoms with van der Waals surface area (Å²) in [6.45, 7) is 20.5. The van der Waals surface area contributed by atoms with E-state index >= 15 is 4.79 Å². The van der Waals surface area contributed by atoms with Crippen LogP contribution >= 0.6 is 0 Å². The van der Waals surface area contributed by atoms with Crippen molar-refractivity contribution in [3.05, 3.63) is 90.5 Å². The van der Waals surface area contributed by atoms with E-state index in [-0.39, 0.29) is 42.7 Å². The summed E-state index contributed by atoms with van der Waals surface area (Å²) in [6, 6.07) is 14.0. The van der Waals surface area contributed by atoms with Crippen LogP contribution in [0.5, 0.6) is 0 Å². The van der Waals surface area contributed by atoms with Gasteiger partial charge in [0.15, 0.2) is 0 Å². The van der Waals surface area contributed by atoms with Crippen LogP contribution in [0.4, 0.5) is 5.69 Å². The van der Waals surface area contributed by atoms with Crippen LogP contribution in [0.1, 0.15) is 57.2 Å². The molecule has 1 N–H and O–H groups in total. The molecule has 252 valence electrons. The smallest absolute Gasteiger partial charge is 0.253 e. The molecule has 0 aliphatic carbocycles. The maximum absolute atomic E-state index is 15.2. The van der Waals surface area contributed by atoms with Gasteiger partial charge in [-0.05, 0) is 62.1 Å². The van der Waals surface area contributed by atoms with Crippen molar-refractivity contribution in [2.24, 2.45) is 23.7 Å². The monoisotopic (exact) mass is 641 g/mol. The van der Waals surface area contributed by atoms with Crippen LogP contribution in [0.15, 0.2) is 73.8 Å². The highest BCUT2D eigenvalue weighted by molar-refractivity contribution is 6.06. The highest BCUT2D eigenvalue weighted by Gasteiger charge is 2.80. The standard InChI is InChI=1S/C39H51N3O5/c1-9-19-40(23-29-17-12-11-13-18-29)35(44)31-32-36(45)42(30(24-43)21-25(3)4)34(39(32)22-28(7)38(31,8)47-39)37(46)41(20-10-2)33-26(5)15-14-16-27(33)6/h9-18,25,28,30-32,34,43H,1-2,19-24H2,3-8H3/t28?,30-,31-,32+,34?,38+,39?/m1/s1. The lowest BCUT2D eigenvalue weighted by Gasteiger charge is -2.40. The fourth-order valence-corrected chi connectivity index (χ4v) is 8.73. The summed E-state index contributed by atoms with van der Waals surface area (Å²) in [5.74, 6) is -2.40. The fraction of sp³-hybridized carbons (Fsp3) is 0.513. The van der Waals surface area contributed by atoms with Gasteiger partial charge in [-0.1, -0.05) is 81.5 Å². The number of ether oxygens (including phenoxy) is 1. The highest BCUT2D eigenvalue weighted by Crippen LogP contribution is 2.66. The second kappa shape index (κ2) is 13.4. The molecule has 1 spiro atoms. The first kappa shape index (κ1) is 34.6. The molecule has 2 aromatic rings. The van der Waals surface area contributed by atoms with E-state index in [1.54, 1.807) is 26.9 Å². The van der Waals surface area contributed by atoms with E-state index in [0.717, 1.165) is 22.4 Å². The van der Waals surface area contributed by atoms with Crippen LogP contribution in [0.2, 0.25) is 0 Å². The summed E-state index contributed by atoms with van der Waals surface area (Å²) in [5.41, 5.74) is 1.39. The number of hydrogen-bond acceptors (Lipinski definition) is 5. The third-order valence-corrected chi connectivity index (χ3v) is 10.8. The summed E-state index contributed by atoms with van der Waals surface area (Å²) in [4.78, 5) is 50.0. The number of carbonyl (C=O) groups excluding carboxylic acids is 3. The van der Waals surface area contributed by atoms with Gasteiger partial charge in [0, 0.05) is 25.3 Å². The van der Waals surface area contributed by atoms with Gasteiger partial charge in [-0.3, -0.25) is 14.4 Å². The van der Waals surface area contributed by atoms with E-state index < -0.39 is 35.1 Å². The SMILES string of the molecule is C=CCN(Cc1ccccc1)C(=O)[C@H]1[C@H]2C(=O)N([C@@H](CO)CC(C)C)C(C(=O)N(CC=C)c3c(C)cccc3C)C23CC(C)[C@]1(C)O3. The van der Waals surface area contributed by atoms with Crippen molar-refractivity contribution in [1.29, 1.82) is 0 Å². The fourth-order valence-electron chi connectivity index (χ4n) is 8.73. The van der Waals surface area contributed by atoms with E-state index in [1.165, 1.54) is 0 Å². The maximum atomic E-state index is 15.2. The number of fused-ring (bicyclic) bond motifs is 1. The van der Waals surface area contributed by atoms with Crippen LogP contribution in [0.3, 0.4) is 0 Å². The summed E-state index contributed by atoms with van der Waals surface area (Å²) < 4.78 is 7.06. The average molecular weight is 642 g/mol. The van der Waals surface area contributed by atoms with Gasteiger partial charge >= 0.3 is 0 Å². The summed E-state index contributed by atoms with van der Waals surface area (Å²) in [5, 5.41) is 10.8. The molecular formula is C39H51N3O5. The molecule has 3 aliphatic rings. The maximum Gasteiger partial charge on any atom is 0.253 e. The molecule has 7 atom stereocenters. The predicted octanol–water partition coefficient (Wildman–Crippen LogP) is 5.45. The number of nitrogens with zero attached hydrogens (tertiary/aromatic N) is 3. The quantitative estimate of drug-likeness (QED) is 0.294. The number of carbonyl (C=O) groups is 3. The number of aryl methyl sites for hydroxylation is 2. The highest BCUT2D eigenvalue weighted by atomic mass is 16.5. The lowest BCUT2D eigenvalue weighted by atomic mass is 9.62. The van der Waals surface area contributed by atoms with E-state index in [4.69, 9.17) is 4.74 Å². The molecule has 5 rings (SSSR count). The summed E-state index contributed by atoms with van der Waals surface area (Å²) in [6.07, 6.45) is 4.35. The Morgan fingerprint density at radius 1 is 1.04 bits per heavy atom. The Bertz CT molecular complexity index is 1500.